The van der Waals surface area contributed by atoms with E-state index < -0.39 is 0 Å². The summed E-state index contributed by atoms with van der Waals surface area (Å²) >= 11 is 4.71. The first kappa shape index (κ1) is 39.3. The molecule has 12 rings (SSSR count). The van der Waals surface area contributed by atoms with Crippen molar-refractivity contribution >= 4 is 122 Å². The lowest BCUT2D eigenvalue weighted by Crippen LogP contribution is -2.08. The summed E-state index contributed by atoms with van der Waals surface area (Å²) in [5.41, 5.74) is 16.2. The van der Waals surface area contributed by atoms with Crippen molar-refractivity contribution in [2.75, 3.05) is 9.80 Å². The van der Waals surface area contributed by atoms with E-state index in [2.05, 4.69) is 207 Å². The molecule has 4 aromatic heterocycles. The summed E-state index contributed by atoms with van der Waals surface area (Å²) in [4.78, 5) is 18.3. The second-order valence-corrected chi connectivity index (χ2v) is 19.4. The third kappa shape index (κ3) is 6.74. The fourth-order valence-corrected chi connectivity index (χ4v) is 11.7. The molecular weight excluding hydrogens is 853 g/mol. The van der Waals surface area contributed by atoms with Crippen LogP contribution in [0.25, 0.3) is 75.5 Å². The quantitative estimate of drug-likeness (QED) is 0.112. The molecule has 0 amide bonds. The van der Waals surface area contributed by atoms with Crippen LogP contribution in [0.2, 0.25) is 0 Å². The SMILES string of the molecule is Cc1ccc(N(c2ccc(C)cc2)c2ccc(-c3c4nsnc4c(-c4ccc(N(c5ccc(C)cc5)c5ccc(C)cc5)s4)c4nc5c6ccccc6c6ccccc6c5nc34)s2)cc1. The Kier molecular flexibility index (Phi) is 9.52. The number of nitrogens with zero attached hydrogens (tertiary/aromatic N) is 6. The first-order chi connectivity index (χ1) is 31.9. The van der Waals surface area contributed by atoms with E-state index in [0.29, 0.717) is 0 Å². The molecule has 0 N–H and O–H groups in total. The molecule has 8 aromatic carbocycles. The molecule has 12 aromatic rings. The van der Waals surface area contributed by atoms with Gasteiger partial charge in [0.2, 0.25) is 0 Å². The van der Waals surface area contributed by atoms with Crippen LogP contribution in [0.1, 0.15) is 22.3 Å². The molecule has 9 heteroatoms. The molecule has 0 aliphatic carbocycles. The van der Waals surface area contributed by atoms with Gasteiger partial charge in [-0.3, -0.25) is 0 Å². The molecule has 0 bridgehead atoms. The minimum atomic E-state index is 0.808. The van der Waals surface area contributed by atoms with E-state index in [1.54, 1.807) is 22.7 Å². The van der Waals surface area contributed by atoms with Gasteiger partial charge >= 0.3 is 0 Å². The van der Waals surface area contributed by atoms with Gasteiger partial charge in [0.15, 0.2) is 0 Å². The summed E-state index contributed by atoms with van der Waals surface area (Å²) in [5, 5.41) is 6.62. The van der Waals surface area contributed by atoms with Gasteiger partial charge in [0.25, 0.3) is 0 Å². The Labute approximate surface area is 388 Å². The van der Waals surface area contributed by atoms with E-state index in [9.17, 15) is 0 Å². The largest absolute Gasteiger partial charge is 0.302 e. The van der Waals surface area contributed by atoms with E-state index >= 15 is 0 Å². The van der Waals surface area contributed by atoms with Gasteiger partial charge < -0.3 is 9.80 Å². The van der Waals surface area contributed by atoms with Crippen molar-refractivity contribution in [2.24, 2.45) is 0 Å². The van der Waals surface area contributed by atoms with Crippen molar-refractivity contribution in [1.29, 1.82) is 0 Å². The van der Waals surface area contributed by atoms with E-state index in [-0.39, 0.29) is 0 Å². The molecule has 65 heavy (non-hydrogen) atoms. The average molecular weight is 893 g/mol. The number of hydrogen-bond acceptors (Lipinski definition) is 9. The smallest absolute Gasteiger partial charge is 0.116 e. The highest BCUT2D eigenvalue weighted by molar-refractivity contribution is 7.20. The maximum absolute atomic E-state index is 5.75. The molecule has 0 spiro atoms. The molecule has 0 atom stereocenters. The Morgan fingerprint density at radius 3 is 0.985 bits per heavy atom. The van der Waals surface area contributed by atoms with Gasteiger partial charge in [-0.2, -0.15) is 8.75 Å². The van der Waals surface area contributed by atoms with Crippen molar-refractivity contribution in [1.82, 2.24) is 18.7 Å². The van der Waals surface area contributed by atoms with Crippen LogP contribution < -0.4 is 9.80 Å². The van der Waals surface area contributed by atoms with Gasteiger partial charge in [0.05, 0.1) is 22.8 Å². The summed E-state index contributed by atoms with van der Waals surface area (Å²) in [6.07, 6.45) is 0. The summed E-state index contributed by atoms with van der Waals surface area (Å²) in [5.74, 6) is 0. The van der Waals surface area contributed by atoms with Gasteiger partial charge in [0.1, 0.15) is 32.1 Å². The lowest BCUT2D eigenvalue weighted by atomic mass is 9.98. The lowest BCUT2D eigenvalue weighted by molar-refractivity contribution is 1.29. The van der Waals surface area contributed by atoms with Crippen LogP contribution in [-0.2, 0) is 0 Å². The van der Waals surface area contributed by atoms with Crippen LogP contribution >= 0.6 is 34.4 Å². The molecule has 0 unspecified atom stereocenters. The van der Waals surface area contributed by atoms with Crippen LogP contribution in [0.4, 0.5) is 32.8 Å². The number of anilines is 6. The van der Waals surface area contributed by atoms with Crippen molar-refractivity contribution in [3.05, 3.63) is 192 Å². The molecule has 0 saturated heterocycles. The molecule has 312 valence electrons. The molecule has 0 fully saturated rings. The van der Waals surface area contributed by atoms with Crippen LogP contribution in [0.5, 0.6) is 0 Å². The highest BCUT2D eigenvalue weighted by atomic mass is 32.1. The number of benzene rings is 8. The first-order valence-corrected chi connectivity index (χ1v) is 24.0. The van der Waals surface area contributed by atoms with Gasteiger partial charge in [-0.05, 0) is 111 Å². The molecule has 4 heterocycles. The van der Waals surface area contributed by atoms with Crippen molar-refractivity contribution in [3.63, 3.8) is 0 Å². The van der Waals surface area contributed by atoms with Gasteiger partial charge in [0, 0.05) is 54.4 Å². The third-order valence-electron chi connectivity index (χ3n) is 12.3. The predicted octanol–water partition coefficient (Wildman–Crippen LogP) is 16.7. The fraction of sp³-hybridized carbons (Fsp3) is 0.0714. The highest BCUT2D eigenvalue weighted by Crippen LogP contribution is 2.50. The normalized spacial score (nSPS) is 11.7. The minimum absolute atomic E-state index is 0.808. The second kappa shape index (κ2) is 15.7. The number of fused-ring (bicyclic) bond motifs is 8. The van der Waals surface area contributed by atoms with E-state index in [0.717, 1.165) is 108 Å². The molecule has 0 aliphatic heterocycles. The Morgan fingerprint density at radius 2 is 0.646 bits per heavy atom. The zero-order valence-electron chi connectivity index (χ0n) is 36.1. The van der Waals surface area contributed by atoms with Crippen LogP contribution in [0.3, 0.4) is 0 Å². The Hall–Kier alpha value is -7.30. The zero-order chi connectivity index (χ0) is 43.8. The van der Waals surface area contributed by atoms with Gasteiger partial charge in [-0.15, -0.1) is 22.7 Å². The topological polar surface area (TPSA) is 58.0 Å². The third-order valence-corrected chi connectivity index (χ3v) is 15.0. The Balaban J connectivity index is 1.13. The fourth-order valence-electron chi connectivity index (χ4n) is 8.96. The minimum Gasteiger partial charge on any atom is -0.302 e. The number of aryl methyl sites for hydroxylation is 4. The van der Waals surface area contributed by atoms with E-state index in [1.165, 1.54) is 34.0 Å². The lowest BCUT2D eigenvalue weighted by Gasteiger charge is -2.24. The zero-order valence-corrected chi connectivity index (χ0v) is 38.5. The number of hydrogen-bond donors (Lipinski definition) is 0. The number of aromatic nitrogens is 4. The molecule has 0 saturated carbocycles. The molecule has 6 nitrogen and oxygen atoms in total. The summed E-state index contributed by atoms with van der Waals surface area (Å²) in [7, 11) is 0. The maximum atomic E-state index is 5.75. The highest BCUT2D eigenvalue weighted by Gasteiger charge is 2.27. The summed E-state index contributed by atoms with van der Waals surface area (Å²) < 4.78 is 10.2. The molecular formula is C56H40N6S3. The number of thiophene rings is 2. The van der Waals surface area contributed by atoms with E-state index in [4.69, 9.17) is 18.7 Å². The standard InChI is InChI=1S/C56H40N6S3/c1-33-13-21-37(22-14-33)61(38-23-15-34(2)16-24-38)47-31-29-45(63-47)49-53-54(58-52-44-12-8-6-10-42(44)41-9-5-7-11-43(41)51(52)57-53)50(56-55(49)59-65-60-56)46-30-32-48(64-46)62(39-25-17-35(3)18-26-39)40-27-19-36(4)20-28-40/h5-32H,1-4H3. The predicted molar refractivity (Wildman–Crippen MR) is 278 cm³/mol. The van der Waals surface area contributed by atoms with Crippen LogP contribution in [-0.4, -0.2) is 18.7 Å². The van der Waals surface area contributed by atoms with E-state index in [1.807, 2.05) is 0 Å². The van der Waals surface area contributed by atoms with Crippen molar-refractivity contribution < 1.29 is 0 Å². The van der Waals surface area contributed by atoms with Crippen LogP contribution in [0, 0.1) is 27.7 Å². The van der Waals surface area contributed by atoms with Gasteiger partial charge in [-0.25, -0.2) is 9.97 Å². The Bertz CT molecular complexity index is 3420. The first-order valence-electron chi connectivity index (χ1n) is 21.6. The summed E-state index contributed by atoms with van der Waals surface area (Å²) in [6.45, 7) is 8.51. The summed E-state index contributed by atoms with van der Waals surface area (Å²) in [6, 6.07) is 61.0. The average Bonchev–Trinajstić information content (AvgIpc) is 4.14. The number of rotatable bonds is 8. The maximum Gasteiger partial charge on any atom is 0.116 e. The Morgan fingerprint density at radius 1 is 0.323 bits per heavy atom. The monoisotopic (exact) mass is 892 g/mol. The second-order valence-electron chi connectivity index (χ2n) is 16.7. The van der Waals surface area contributed by atoms with Crippen molar-refractivity contribution in [2.45, 2.75) is 27.7 Å². The molecule has 0 aliphatic rings. The van der Waals surface area contributed by atoms with Crippen LogP contribution in [0.15, 0.2) is 170 Å². The molecule has 0 radical (unpaired) electrons. The van der Waals surface area contributed by atoms with Crippen molar-refractivity contribution in [3.8, 4) is 20.9 Å². The van der Waals surface area contributed by atoms with Gasteiger partial charge in [-0.1, -0.05) is 119 Å².